The predicted octanol–water partition coefficient (Wildman–Crippen LogP) is -0.0274. The third-order valence-electron chi connectivity index (χ3n) is 2.18. The van der Waals surface area contributed by atoms with Crippen LogP contribution in [0.15, 0.2) is 0 Å². The second-order valence-electron chi connectivity index (χ2n) is 4.10. The maximum atomic E-state index is 10.6. The van der Waals surface area contributed by atoms with Crippen LogP contribution in [0.25, 0.3) is 0 Å². The molecule has 13 heavy (non-hydrogen) atoms. The largest absolute Gasteiger partial charge is 0.373 e. The molecule has 1 aliphatic rings. The highest BCUT2D eigenvalue weighted by molar-refractivity contribution is 5.73. The van der Waals surface area contributed by atoms with Crippen molar-refractivity contribution in [2.45, 2.75) is 25.9 Å². The molecule has 0 saturated carbocycles. The van der Waals surface area contributed by atoms with Gasteiger partial charge >= 0.3 is 0 Å². The first kappa shape index (κ1) is 10.5. The molecule has 0 atom stereocenters. The second-order valence-corrected chi connectivity index (χ2v) is 4.10. The molecule has 0 aromatic heterocycles. The van der Waals surface area contributed by atoms with Crippen molar-refractivity contribution in [3.63, 3.8) is 0 Å². The van der Waals surface area contributed by atoms with Gasteiger partial charge in [-0.05, 0) is 13.8 Å². The molecule has 0 spiro atoms. The van der Waals surface area contributed by atoms with E-state index in [0.717, 1.165) is 26.2 Å². The Labute approximate surface area is 79.0 Å². The summed E-state index contributed by atoms with van der Waals surface area (Å²) < 4.78 is 5.54. The van der Waals surface area contributed by atoms with Crippen LogP contribution in [0, 0.1) is 0 Å². The molecule has 76 valence electrons. The molecule has 0 radical (unpaired) electrons. The third-order valence-corrected chi connectivity index (χ3v) is 2.18. The van der Waals surface area contributed by atoms with Crippen LogP contribution in [-0.4, -0.2) is 42.6 Å². The molecule has 0 aliphatic carbocycles. The van der Waals surface area contributed by atoms with Gasteiger partial charge in [-0.1, -0.05) is 0 Å². The maximum Gasteiger partial charge on any atom is 0.218 e. The molecule has 1 rings (SSSR count). The first-order chi connectivity index (χ1) is 5.99. The first-order valence-electron chi connectivity index (χ1n) is 4.64. The lowest BCUT2D eigenvalue weighted by Gasteiger charge is -2.37. The Balaban J connectivity index is 2.30. The van der Waals surface area contributed by atoms with Gasteiger partial charge in [0.1, 0.15) is 0 Å². The van der Waals surface area contributed by atoms with Gasteiger partial charge in [0.25, 0.3) is 0 Å². The minimum Gasteiger partial charge on any atom is -0.373 e. The molecule has 4 nitrogen and oxygen atoms in total. The van der Waals surface area contributed by atoms with E-state index in [2.05, 4.69) is 18.7 Å². The number of amides is 1. The molecule has 0 aromatic carbocycles. The van der Waals surface area contributed by atoms with Gasteiger partial charge in [-0.15, -0.1) is 0 Å². The number of carbonyl (C=O) groups excluding carboxylic acids is 1. The molecule has 0 unspecified atom stereocenters. The van der Waals surface area contributed by atoms with Crippen molar-refractivity contribution in [3.05, 3.63) is 0 Å². The summed E-state index contributed by atoms with van der Waals surface area (Å²) in [4.78, 5) is 12.8. The molecule has 1 heterocycles. The first-order valence-corrected chi connectivity index (χ1v) is 4.64. The Morgan fingerprint density at radius 2 is 2.31 bits per heavy atom. The fraction of sp³-hybridized carbons (Fsp3) is 0.889. The summed E-state index contributed by atoms with van der Waals surface area (Å²) in [6.07, 6.45) is 0.441. The van der Waals surface area contributed by atoms with Gasteiger partial charge in [-0.2, -0.15) is 0 Å². The van der Waals surface area contributed by atoms with Crippen molar-refractivity contribution in [2.24, 2.45) is 5.73 Å². The summed E-state index contributed by atoms with van der Waals surface area (Å²) in [5.74, 6) is -0.232. The summed E-state index contributed by atoms with van der Waals surface area (Å²) in [6, 6.07) is 0. The van der Waals surface area contributed by atoms with E-state index in [1.54, 1.807) is 0 Å². The quantitative estimate of drug-likeness (QED) is 0.673. The lowest BCUT2D eigenvalue weighted by molar-refractivity contribution is -0.120. The van der Waals surface area contributed by atoms with Crippen molar-refractivity contribution in [2.75, 3.05) is 26.2 Å². The van der Waals surface area contributed by atoms with E-state index < -0.39 is 0 Å². The van der Waals surface area contributed by atoms with Gasteiger partial charge in [0.2, 0.25) is 5.91 Å². The zero-order valence-corrected chi connectivity index (χ0v) is 8.38. The zero-order chi connectivity index (χ0) is 9.90. The van der Waals surface area contributed by atoms with Crippen LogP contribution in [0.1, 0.15) is 20.3 Å². The van der Waals surface area contributed by atoms with Crippen LogP contribution in [0.4, 0.5) is 0 Å². The minimum absolute atomic E-state index is 0.0874. The molecule has 1 saturated heterocycles. The molecule has 1 amide bonds. The van der Waals surface area contributed by atoms with Crippen molar-refractivity contribution in [1.82, 2.24) is 4.90 Å². The van der Waals surface area contributed by atoms with E-state index in [9.17, 15) is 4.79 Å². The Morgan fingerprint density at radius 1 is 1.62 bits per heavy atom. The van der Waals surface area contributed by atoms with Crippen LogP contribution in [0.5, 0.6) is 0 Å². The monoisotopic (exact) mass is 186 g/mol. The summed E-state index contributed by atoms with van der Waals surface area (Å²) in [5, 5.41) is 0. The lowest BCUT2D eigenvalue weighted by Crippen LogP contribution is -2.48. The Morgan fingerprint density at radius 3 is 2.85 bits per heavy atom. The molecule has 0 aromatic rings. The van der Waals surface area contributed by atoms with Crippen molar-refractivity contribution < 1.29 is 9.53 Å². The summed E-state index contributed by atoms with van der Waals surface area (Å²) in [7, 11) is 0. The number of hydrogen-bond acceptors (Lipinski definition) is 3. The molecule has 2 N–H and O–H groups in total. The average molecular weight is 186 g/mol. The smallest absolute Gasteiger partial charge is 0.218 e. The Kier molecular flexibility index (Phi) is 3.27. The van der Waals surface area contributed by atoms with Crippen molar-refractivity contribution in [1.29, 1.82) is 0 Å². The van der Waals surface area contributed by atoms with Crippen molar-refractivity contribution >= 4 is 5.91 Å². The summed E-state index contributed by atoms with van der Waals surface area (Å²) in [6.45, 7) is 7.39. The van der Waals surface area contributed by atoms with Gasteiger partial charge in [0.05, 0.1) is 12.2 Å². The molecular formula is C9H18N2O2. The predicted molar refractivity (Wildman–Crippen MR) is 50.3 cm³/mol. The fourth-order valence-electron chi connectivity index (χ4n) is 1.57. The highest BCUT2D eigenvalue weighted by Crippen LogP contribution is 2.16. The second kappa shape index (κ2) is 4.07. The number of carbonyl (C=O) groups is 1. The van der Waals surface area contributed by atoms with Gasteiger partial charge in [0, 0.05) is 26.1 Å². The number of morpholine rings is 1. The van der Waals surface area contributed by atoms with E-state index in [4.69, 9.17) is 10.5 Å². The van der Waals surface area contributed by atoms with E-state index in [1.807, 2.05) is 0 Å². The summed E-state index contributed by atoms with van der Waals surface area (Å²) >= 11 is 0. The van der Waals surface area contributed by atoms with Crippen LogP contribution < -0.4 is 5.73 Å². The molecular weight excluding hydrogens is 168 g/mol. The zero-order valence-electron chi connectivity index (χ0n) is 8.38. The maximum absolute atomic E-state index is 10.6. The number of rotatable bonds is 3. The topological polar surface area (TPSA) is 55.6 Å². The van der Waals surface area contributed by atoms with E-state index in [-0.39, 0.29) is 11.5 Å². The van der Waals surface area contributed by atoms with Gasteiger partial charge in [-0.25, -0.2) is 0 Å². The molecule has 1 fully saturated rings. The number of nitrogens with two attached hydrogens (primary N) is 1. The van der Waals surface area contributed by atoms with Gasteiger partial charge in [-0.3, -0.25) is 9.69 Å². The van der Waals surface area contributed by atoms with Crippen LogP contribution >= 0.6 is 0 Å². The summed E-state index contributed by atoms with van der Waals surface area (Å²) in [5.41, 5.74) is 4.99. The Bertz CT molecular complexity index is 192. The Hall–Kier alpha value is -0.610. The standard InChI is InChI=1S/C9H18N2O2/c1-9(2)7-11(5-6-13-9)4-3-8(10)12/h3-7H2,1-2H3,(H2,10,12). The third kappa shape index (κ3) is 3.74. The van der Waals surface area contributed by atoms with Crippen LogP contribution in [-0.2, 0) is 9.53 Å². The number of primary amides is 1. The van der Waals surface area contributed by atoms with Crippen LogP contribution in [0.2, 0.25) is 0 Å². The van der Waals surface area contributed by atoms with Gasteiger partial charge < -0.3 is 10.5 Å². The van der Waals surface area contributed by atoms with E-state index in [0.29, 0.717) is 6.42 Å². The highest BCUT2D eigenvalue weighted by Gasteiger charge is 2.26. The normalized spacial score (nSPS) is 22.9. The average Bonchev–Trinajstić information content (AvgIpc) is 1.99. The van der Waals surface area contributed by atoms with Crippen LogP contribution in [0.3, 0.4) is 0 Å². The number of nitrogens with zero attached hydrogens (tertiary/aromatic N) is 1. The van der Waals surface area contributed by atoms with Crippen molar-refractivity contribution in [3.8, 4) is 0 Å². The highest BCUT2D eigenvalue weighted by atomic mass is 16.5. The number of hydrogen-bond donors (Lipinski definition) is 1. The molecule has 4 heteroatoms. The lowest BCUT2D eigenvalue weighted by atomic mass is 10.1. The molecule has 0 bridgehead atoms. The van der Waals surface area contributed by atoms with E-state index in [1.165, 1.54) is 0 Å². The minimum atomic E-state index is -0.232. The molecule has 1 aliphatic heterocycles. The SMILES string of the molecule is CC1(C)CN(CCC(N)=O)CCO1. The van der Waals surface area contributed by atoms with Gasteiger partial charge in [0.15, 0.2) is 0 Å². The van der Waals surface area contributed by atoms with E-state index >= 15 is 0 Å². The fourth-order valence-corrected chi connectivity index (χ4v) is 1.57. The number of ether oxygens (including phenoxy) is 1.